The Bertz CT molecular complexity index is 507. The molecule has 2 aliphatic rings. The highest BCUT2D eigenvalue weighted by molar-refractivity contribution is 6.07. The molecule has 0 unspecified atom stereocenters. The van der Waals surface area contributed by atoms with Crippen molar-refractivity contribution in [3.8, 4) is 5.75 Å². The highest BCUT2D eigenvalue weighted by Gasteiger charge is 2.31. The van der Waals surface area contributed by atoms with E-state index < -0.39 is 0 Å². The van der Waals surface area contributed by atoms with Crippen LogP contribution in [0.15, 0.2) is 12.1 Å². The van der Waals surface area contributed by atoms with E-state index in [1.165, 1.54) is 0 Å². The van der Waals surface area contributed by atoms with Gasteiger partial charge in [0.15, 0.2) is 6.61 Å². The molecule has 1 aromatic rings. The molecular formula is C12H11NO3. The Hall–Kier alpha value is -1.84. The van der Waals surface area contributed by atoms with Gasteiger partial charge in [-0.15, -0.1) is 0 Å². The lowest BCUT2D eigenvalue weighted by Crippen LogP contribution is -2.26. The molecular weight excluding hydrogens is 206 g/mol. The van der Waals surface area contributed by atoms with Crippen LogP contribution < -0.4 is 9.64 Å². The third-order valence-corrected chi connectivity index (χ3v) is 3.09. The number of benzene rings is 1. The largest absolute Gasteiger partial charge is 0.485 e. The van der Waals surface area contributed by atoms with E-state index in [1.54, 1.807) is 11.0 Å². The maximum Gasteiger partial charge on any atom is 0.231 e. The van der Waals surface area contributed by atoms with Crippen molar-refractivity contribution in [1.82, 2.24) is 0 Å². The van der Waals surface area contributed by atoms with E-state index in [4.69, 9.17) is 4.74 Å². The Kier molecular flexibility index (Phi) is 1.80. The first-order valence-electron chi connectivity index (χ1n) is 5.34. The van der Waals surface area contributed by atoms with Gasteiger partial charge in [0.25, 0.3) is 0 Å². The standard InChI is InChI=1S/C12H11NO3/c1-2-13-9-5-8-10(14)6-16-11(8)3-7(9)4-12(13)15/h3,5H,2,4,6H2,1H3. The first-order chi connectivity index (χ1) is 7.70. The number of fused-ring (bicyclic) bond motifs is 2. The minimum Gasteiger partial charge on any atom is -0.485 e. The molecule has 1 aromatic carbocycles. The van der Waals surface area contributed by atoms with Crippen LogP contribution >= 0.6 is 0 Å². The molecule has 0 saturated heterocycles. The molecule has 16 heavy (non-hydrogen) atoms. The topological polar surface area (TPSA) is 46.6 Å². The smallest absolute Gasteiger partial charge is 0.231 e. The Labute approximate surface area is 92.8 Å². The number of Topliss-reactive ketones (excluding diaryl/α,β-unsaturated/α-hetero) is 1. The second-order valence-electron chi connectivity index (χ2n) is 4.00. The summed E-state index contributed by atoms with van der Waals surface area (Å²) in [5.74, 6) is 0.705. The first kappa shape index (κ1) is 9.39. The third-order valence-electron chi connectivity index (χ3n) is 3.09. The van der Waals surface area contributed by atoms with Crippen molar-refractivity contribution in [2.24, 2.45) is 0 Å². The van der Waals surface area contributed by atoms with Gasteiger partial charge in [-0.05, 0) is 24.6 Å². The van der Waals surface area contributed by atoms with Gasteiger partial charge in [-0.2, -0.15) is 0 Å². The van der Waals surface area contributed by atoms with Crippen LogP contribution in [0.4, 0.5) is 5.69 Å². The van der Waals surface area contributed by atoms with E-state index in [2.05, 4.69) is 0 Å². The normalized spacial score (nSPS) is 17.4. The van der Waals surface area contributed by atoms with Crippen molar-refractivity contribution >= 4 is 17.4 Å². The fraction of sp³-hybridized carbons (Fsp3) is 0.333. The molecule has 0 N–H and O–H groups in total. The summed E-state index contributed by atoms with van der Waals surface area (Å²) in [6, 6.07) is 3.61. The number of ether oxygens (including phenoxy) is 1. The van der Waals surface area contributed by atoms with Gasteiger partial charge in [0.1, 0.15) is 5.75 Å². The van der Waals surface area contributed by atoms with Gasteiger partial charge in [0.05, 0.1) is 12.0 Å². The number of amides is 1. The first-order valence-corrected chi connectivity index (χ1v) is 5.34. The average Bonchev–Trinajstić information content (AvgIpc) is 2.76. The number of nitrogens with zero attached hydrogens (tertiary/aromatic N) is 1. The van der Waals surface area contributed by atoms with Crippen LogP contribution in [0.3, 0.4) is 0 Å². The molecule has 0 radical (unpaired) electrons. The van der Waals surface area contributed by atoms with Crippen molar-refractivity contribution in [2.75, 3.05) is 18.1 Å². The van der Waals surface area contributed by atoms with Crippen molar-refractivity contribution in [1.29, 1.82) is 0 Å². The fourth-order valence-corrected chi connectivity index (χ4v) is 2.30. The van der Waals surface area contributed by atoms with E-state index in [0.29, 0.717) is 24.3 Å². The fourth-order valence-electron chi connectivity index (χ4n) is 2.30. The van der Waals surface area contributed by atoms with Crippen LogP contribution in [0.5, 0.6) is 5.75 Å². The number of rotatable bonds is 1. The van der Waals surface area contributed by atoms with E-state index >= 15 is 0 Å². The predicted octanol–water partition coefficient (Wildman–Crippen LogP) is 1.17. The highest BCUT2D eigenvalue weighted by Crippen LogP contribution is 2.37. The van der Waals surface area contributed by atoms with Crippen LogP contribution in [-0.4, -0.2) is 24.8 Å². The molecule has 0 bridgehead atoms. The Morgan fingerprint density at radius 3 is 2.94 bits per heavy atom. The third kappa shape index (κ3) is 1.10. The summed E-state index contributed by atoms with van der Waals surface area (Å²) in [6.07, 6.45) is 0.411. The molecule has 0 aliphatic carbocycles. The van der Waals surface area contributed by atoms with E-state index in [1.807, 2.05) is 13.0 Å². The van der Waals surface area contributed by atoms with E-state index in [9.17, 15) is 9.59 Å². The molecule has 3 rings (SSSR count). The minimum atomic E-state index is -0.00629. The van der Waals surface area contributed by atoms with Crippen LogP contribution in [0.1, 0.15) is 22.8 Å². The number of hydrogen-bond acceptors (Lipinski definition) is 3. The minimum absolute atomic E-state index is 0.00629. The zero-order chi connectivity index (χ0) is 11.3. The quantitative estimate of drug-likeness (QED) is 0.709. The van der Waals surface area contributed by atoms with Gasteiger partial charge in [-0.25, -0.2) is 0 Å². The summed E-state index contributed by atoms with van der Waals surface area (Å²) in [5.41, 5.74) is 2.43. The lowest BCUT2D eigenvalue weighted by atomic mass is 10.1. The Morgan fingerprint density at radius 2 is 2.19 bits per heavy atom. The van der Waals surface area contributed by atoms with E-state index in [-0.39, 0.29) is 18.3 Å². The van der Waals surface area contributed by atoms with Crippen molar-refractivity contribution in [3.05, 3.63) is 23.3 Å². The van der Waals surface area contributed by atoms with Gasteiger partial charge < -0.3 is 9.64 Å². The SMILES string of the molecule is CCN1C(=O)Cc2cc3c(cc21)C(=O)CO3. The summed E-state index contributed by atoms with van der Waals surface area (Å²) in [7, 11) is 0. The van der Waals surface area contributed by atoms with Crippen molar-refractivity contribution in [2.45, 2.75) is 13.3 Å². The molecule has 82 valence electrons. The molecule has 2 heterocycles. The Balaban J connectivity index is 2.16. The number of likely N-dealkylation sites (N-methyl/N-ethyl adjacent to an activating group) is 1. The van der Waals surface area contributed by atoms with Crippen molar-refractivity contribution < 1.29 is 14.3 Å². The predicted molar refractivity (Wildman–Crippen MR) is 58.0 cm³/mol. The second-order valence-corrected chi connectivity index (χ2v) is 4.00. The highest BCUT2D eigenvalue weighted by atomic mass is 16.5. The Morgan fingerprint density at radius 1 is 1.38 bits per heavy atom. The molecule has 4 nitrogen and oxygen atoms in total. The number of anilines is 1. The van der Waals surface area contributed by atoms with Gasteiger partial charge >= 0.3 is 0 Å². The van der Waals surface area contributed by atoms with Gasteiger partial charge in [0, 0.05) is 12.2 Å². The monoisotopic (exact) mass is 217 g/mol. The van der Waals surface area contributed by atoms with Gasteiger partial charge in [0.2, 0.25) is 11.7 Å². The molecule has 4 heteroatoms. The molecule has 0 spiro atoms. The maximum atomic E-state index is 11.7. The van der Waals surface area contributed by atoms with Crippen molar-refractivity contribution in [3.63, 3.8) is 0 Å². The van der Waals surface area contributed by atoms with Crippen LogP contribution in [0, 0.1) is 0 Å². The van der Waals surface area contributed by atoms with Crippen LogP contribution in [0.25, 0.3) is 0 Å². The average molecular weight is 217 g/mol. The second kappa shape index (κ2) is 3.07. The van der Waals surface area contributed by atoms with E-state index in [0.717, 1.165) is 11.3 Å². The molecule has 2 aliphatic heterocycles. The lowest BCUT2D eigenvalue weighted by Gasteiger charge is -2.14. The summed E-state index contributed by atoms with van der Waals surface area (Å²) >= 11 is 0. The molecule has 0 aromatic heterocycles. The van der Waals surface area contributed by atoms with Crippen LogP contribution in [0.2, 0.25) is 0 Å². The summed E-state index contributed by atoms with van der Waals surface area (Å²) in [5, 5.41) is 0. The van der Waals surface area contributed by atoms with Crippen LogP contribution in [-0.2, 0) is 11.2 Å². The van der Waals surface area contributed by atoms with Gasteiger partial charge in [-0.1, -0.05) is 0 Å². The number of ketones is 1. The zero-order valence-corrected chi connectivity index (χ0v) is 8.95. The summed E-state index contributed by atoms with van der Waals surface area (Å²) < 4.78 is 5.26. The molecule has 1 amide bonds. The number of hydrogen-bond donors (Lipinski definition) is 0. The zero-order valence-electron chi connectivity index (χ0n) is 8.95. The lowest BCUT2D eigenvalue weighted by molar-refractivity contribution is -0.117. The van der Waals surface area contributed by atoms with Gasteiger partial charge in [-0.3, -0.25) is 9.59 Å². The molecule has 0 saturated carbocycles. The summed E-state index contributed by atoms with van der Waals surface area (Å²) in [6.45, 7) is 2.69. The summed E-state index contributed by atoms with van der Waals surface area (Å²) in [4.78, 5) is 24.9. The maximum absolute atomic E-state index is 11.7. The number of carbonyl (C=O) groups is 2. The molecule has 0 fully saturated rings. The number of carbonyl (C=O) groups excluding carboxylic acids is 2. The molecule has 0 atom stereocenters.